The summed E-state index contributed by atoms with van der Waals surface area (Å²) in [5, 5.41) is 8.87. The van der Waals surface area contributed by atoms with E-state index in [1.807, 2.05) is 54.6 Å². The van der Waals surface area contributed by atoms with Crippen molar-refractivity contribution in [3.8, 4) is 11.5 Å². The predicted molar refractivity (Wildman–Crippen MR) is 190 cm³/mol. The maximum Gasteiger partial charge on any atom is 0.250 e. The number of aromatic nitrogens is 3. The third kappa shape index (κ3) is 9.12. The summed E-state index contributed by atoms with van der Waals surface area (Å²) < 4.78 is 11.2. The van der Waals surface area contributed by atoms with Gasteiger partial charge in [-0.1, -0.05) is 59.6 Å². The molecule has 0 atom stereocenters. The van der Waals surface area contributed by atoms with Gasteiger partial charge < -0.3 is 19.7 Å². The van der Waals surface area contributed by atoms with Crippen molar-refractivity contribution in [2.24, 2.45) is 11.0 Å². The minimum absolute atomic E-state index is 0.338. The Morgan fingerprint density at radius 2 is 1.57 bits per heavy atom. The molecule has 1 aromatic heterocycles. The molecule has 240 valence electrons. The van der Waals surface area contributed by atoms with Gasteiger partial charge in [-0.3, -0.25) is 0 Å². The average Bonchev–Trinajstić information content (AvgIpc) is 3.09. The van der Waals surface area contributed by atoms with Gasteiger partial charge in [0, 0.05) is 34.4 Å². The van der Waals surface area contributed by atoms with Crippen LogP contribution in [0.5, 0.6) is 11.5 Å². The molecule has 6 rings (SSSR count). The minimum Gasteiger partial charge on any atom is -0.497 e. The Hall–Kier alpha value is -4.86. The van der Waals surface area contributed by atoms with Gasteiger partial charge in [-0.15, -0.1) is 0 Å². The lowest BCUT2D eigenvalue weighted by Crippen LogP contribution is -2.35. The summed E-state index contributed by atoms with van der Waals surface area (Å²) >= 11 is 12.3. The van der Waals surface area contributed by atoms with E-state index in [1.54, 1.807) is 25.5 Å². The minimum atomic E-state index is 0.338. The topological polar surface area (TPSA) is 96.8 Å². The van der Waals surface area contributed by atoms with Gasteiger partial charge >= 0.3 is 0 Å². The van der Waals surface area contributed by atoms with E-state index in [2.05, 4.69) is 56.1 Å². The number of ether oxygens (including phenoxy) is 2. The lowest BCUT2D eigenvalue weighted by molar-refractivity contribution is 0.306. The Bertz CT molecular complexity index is 1780. The van der Waals surface area contributed by atoms with Gasteiger partial charge in [0.1, 0.15) is 18.1 Å². The highest BCUT2D eigenvalue weighted by atomic mass is 35.5. The van der Waals surface area contributed by atoms with Crippen LogP contribution in [0.3, 0.4) is 0 Å². The van der Waals surface area contributed by atoms with E-state index in [9.17, 15) is 0 Å². The first kappa shape index (κ1) is 32.1. The zero-order chi connectivity index (χ0) is 32.4. The third-order valence-corrected chi connectivity index (χ3v) is 8.49. The summed E-state index contributed by atoms with van der Waals surface area (Å²) in [5.41, 5.74) is 6.95. The number of benzene rings is 4. The maximum atomic E-state index is 6.26. The fraction of sp³-hybridized carbons (Fsp3) is 0.222. The lowest BCUT2D eigenvalue weighted by atomic mass is 9.90. The molecular weight excluding hydrogens is 633 g/mol. The number of methoxy groups -OCH3 is 1. The Labute approximate surface area is 284 Å². The highest BCUT2D eigenvalue weighted by molar-refractivity contribution is 6.35. The zero-order valence-corrected chi connectivity index (χ0v) is 27.5. The van der Waals surface area contributed by atoms with Crippen LogP contribution in [-0.2, 0) is 13.0 Å². The van der Waals surface area contributed by atoms with Crippen molar-refractivity contribution in [3.63, 3.8) is 0 Å². The van der Waals surface area contributed by atoms with E-state index in [-0.39, 0.29) is 0 Å². The van der Waals surface area contributed by atoms with Crippen LogP contribution in [-0.4, -0.2) is 41.4 Å². The number of hydrogen-bond acceptors (Lipinski definition) is 9. The Kier molecular flexibility index (Phi) is 10.7. The summed E-state index contributed by atoms with van der Waals surface area (Å²) in [4.78, 5) is 16.3. The van der Waals surface area contributed by atoms with Gasteiger partial charge in [-0.05, 0) is 97.0 Å². The number of hydrazone groups is 1. The van der Waals surface area contributed by atoms with Gasteiger partial charge in [0.15, 0.2) is 0 Å². The normalized spacial score (nSPS) is 13.5. The van der Waals surface area contributed by atoms with Crippen molar-refractivity contribution in [2.45, 2.75) is 25.9 Å². The molecule has 47 heavy (non-hydrogen) atoms. The molecule has 1 fully saturated rings. The summed E-state index contributed by atoms with van der Waals surface area (Å²) in [6, 6.07) is 31.2. The highest BCUT2D eigenvalue weighted by Crippen LogP contribution is 2.27. The molecule has 0 saturated carbocycles. The second-order valence-corrected chi connectivity index (χ2v) is 12.1. The van der Waals surface area contributed by atoms with E-state index in [0.717, 1.165) is 54.9 Å². The van der Waals surface area contributed by atoms with Crippen molar-refractivity contribution < 1.29 is 9.47 Å². The molecule has 11 heteroatoms. The number of piperidine rings is 1. The molecule has 1 saturated heterocycles. The van der Waals surface area contributed by atoms with Crippen molar-refractivity contribution in [1.29, 1.82) is 0 Å². The van der Waals surface area contributed by atoms with Gasteiger partial charge in [-0.25, -0.2) is 5.43 Å². The molecular formula is C36H35Cl2N7O2. The first-order valence-corrected chi connectivity index (χ1v) is 16.2. The molecule has 0 unspecified atom stereocenters. The maximum absolute atomic E-state index is 6.26. The molecule has 0 amide bonds. The molecule has 2 N–H and O–H groups in total. The number of rotatable bonds is 12. The average molecular weight is 669 g/mol. The smallest absolute Gasteiger partial charge is 0.250 e. The SMILES string of the molecule is COc1ccc(Nc2nc(N/N=C\c3ccc(OCc4ccc(Cl)cc4Cl)cc3)nc(N3CCC(Cc4ccccc4)CC3)n2)cc1. The summed E-state index contributed by atoms with van der Waals surface area (Å²) in [6.45, 7) is 2.07. The molecule has 2 heterocycles. The van der Waals surface area contributed by atoms with Crippen molar-refractivity contribution >= 4 is 52.9 Å². The number of nitrogens with one attached hydrogen (secondary N) is 2. The number of nitrogens with zero attached hydrogens (tertiary/aromatic N) is 5. The fourth-order valence-corrected chi connectivity index (χ4v) is 5.78. The van der Waals surface area contributed by atoms with Crippen LogP contribution in [0.15, 0.2) is 102 Å². The largest absolute Gasteiger partial charge is 0.497 e. The van der Waals surface area contributed by atoms with E-state index in [4.69, 9.17) is 42.6 Å². The van der Waals surface area contributed by atoms with Crippen molar-refractivity contribution in [3.05, 3.63) is 124 Å². The summed E-state index contributed by atoms with van der Waals surface area (Å²) in [6.07, 6.45) is 4.92. The monoisotopic (exact) mass is 667 g/mol. The standard InChI is InChI=1S/C36H35Cl2N7O2/c1-46-31-15-11-30(12-16-31)40-34-41-35(43-36(42-34)45-19-17-26(18-20-45)21-25-5-3-2-4-6-25)44-39-23-27-7-13-32(14-8-27)47-24-28-9-10-29(37)22-33(28)38/h2-16,22-23,26H,17-21,24H2,1H3,(H2,40,41,42,43,44)/b39-23-. The van der Waals surface area contributed by atoms with E-state index < -0.39 is 0 Å². The second-order valence-electron chi connectivity index (χ2n) is 11.2. The molecule has 0 spiro atoms. The van der Waals surface area contributed by atoms with Gasteiger partial charge in [0.05, 0.1) is 13.3 Å². The molecule has 0 bridgehead atoms. The molecule has 0 radical (unpaired) electrons. The molecule has 1 aliphatic rings. The second kappa shape index (κ2) is 15.6. The molecule has 4 aromatic carbocycles. The van der Waals surface area contributed by atoms with E-state index in [1.165, 1.54) is 5.56 Å². The van der Waals surface area contributed by atoms with Crippen LogP contribution < -0.4 is 25.1 Å². The van der Waals surface area contributed by atoms with Gasteiger partial charge in [-0.2, -0.15) is 20.1 Å². The zero-order valence-electron chi connectivity index (χ0n) is 25.9. The van der Waals surface area contributed by atoms with Crippen LogP contribution in [0.25, 0.3) is 0 Å². The van der Waals surface area contributed by atoms with Crippen LogP contribution in [0.4, 0.5) is 23.5 Å². The quantitative estimate of drug-likeness (QED) is 0.101. The predicted octanol–water partition coefficient (Wildman–Crippen LogP) is 8.41. The molecule has 1 aliphatic heterocycles. The Balaban J connectivity index is 1.11. The van der Waals surface area contributed by atoms with Gasteiger partial charge in [0.2, 0.25) is 17.8 Å². The van der Waals surface area contributed by atoms with E-state index in [0.29, 0.717) is 46.2 Å². The van der Waals surface area contributed by atoms with Crippen molar-refractivity contribution in [2.75, 3.05) is 35.8 Å². The Morgan fingerprint density at radius 1 is 0.851 bits per heavy atom. The molecule has 5 aromatic rings. The van der Waals surface area contributed by atoms with Crippen LogP contribution >= 0.6 is 23.2 Å². The van der Waals surface area contributed by atoms with Crippen LogP contribution in [0.1, 0.15) is 29.5 Å². The number of anilines is 4. The highest BCUT2D eigenvalue weighted by Gasteiger charge is 2.22. The van der Waals surface area contributed by atoms with E-state index >= 15 is 0 Å². The van der Waals surface area contributed by atoms with Crippen LogP contribution in [0, 0.1) is 5.92 Å². The summed E-state index contributed by atoms with van der Waals surface area (Å²) in [7, 11) is 1.64. The molecule has 0 aliphatic carbocycles. The fourth-order valence-electron chi connectivity index (χ4n) is 5.31. The first-order chi connectivity index (χ1) is 23.0. The first-order valence-electron chi connectivity index (χ1n) is 15.4. The van der Waals surface area contributed by atoms with Crippen LogP contribution in [0.2, 0.25) is 10.0 Å². The number of hydrogen-bond donors (Lipinski definition) is 2. The third-order valence-electron chi connectivity index (χ3n) is 7.90. The molecule has 9 nitrogen and oxygen atoms in total. The summed E-state index contributed by atoms with van der Waals surface area (Å²) in [5.74, 6) is 3.48. The Morgan fingerprint density at radius 3 is 2.30 bits per heavy atom. The number of halogens is 2. The van der Waals surface area contributed by atoms with Crippen molar-refractivity contribution in [1.82, 2.24) is 15.0 Å². The van der Waals surface area contributed by atoms with Gasteiger partial charge in [0.25, 0.3) is 0 Å². The lowest BCUT2D eigenvalue weighted by Gasteiger charge is -2.32.